The highest BCUT2D eigenvalue weighted by Gasteiger charge is 2.24. The Balaban J connectivity index is 3.74. The van der Waals surface area contributed by atoms with Crippen LogP contribution in [-0.4, -0.2) is 42.2 Å². The average molecular weight is 305 g/mol. The monoisotopic (exact) mass is 304 g/mol. The maximum atomic E-state index is 11.8. The van der Waals surface area contributed by atoms with E-state index < -0.39 is 0 Å². The quantitative estimate of drug-likeness (QED) is 0.510. The number of carbonyl (C=O) groups excluding carboxylic acids is 1. The van der Waals surface area contributed by atoms with E-state index in [4.69, 9.17) is 10.8 Å². The third-order valence-electron chi connectivity index (χ3n) is 3.48. The molecule has 1 amide bonds. The molecule has 20 heavy (non-hydrogen) atoms. The van der Waals surface area contributed by atoms with Crippen molar-refractivity contribution >= 4 is 17.7 Å². The molecule has 0 saturated heterocycles. The Hall–Kier alpha value is -0.260. The van der Waals surface area contributed by atoms with Gasteiger partial charge in [-0.3, -0.25) is 4.79 Å². The van der Waals surface area contributed by atoms with E-state index in [1.807, 2.05) is 0 Å². The lowest BCUT2D eigenvalue weighted by molar-refractivity contribution is -0.121. The summed E-state index contributed by atoms with van der Waals surface area (Å²) >= 11 is 1.77. The van der Waals surface area contributed by atoms with Crippen LogP contribution in [0, 0.1) is 11.3 Å². The van der Waals surface area contributed by atoms with Crippen molar-refractivity contribution in [2.75, 3.05) is 31.2 Å². The zero-order chi connectivity index (χ0) is 15.4. The van der Waals surface area contributed by atoms with Gasteiger partial charge in [0.2, 0.25) is 5.91 Å². The highest BCUT2D eigenvalue weighted by atomic mass is 32.2. The molecule has 0 aromatic carbocycles. The number of thioether (sulfide) groups is 1. The second-order valence-electron chi connectivity index (χ2n) is 6.22. The van der Waals surface area contributed by atoms with Gasteiger partial charge in [-0.15, -0.1) is 0 Å². The van der Waals surface area contributed by atoms with Crippen molar-refractivity contribution in [2.24, 2.45) is 17.1 Å². The summed E-state index contributed by atoms with van der Waals surface area (Å²) < 4.78 is 0. The van der Waals surface area contributed by atoms with Crippen LogP contribution in [0.1, 0.15) is 46.5 Å². The molecule has 0 radical (unpaired) electrons. The Kier molecular flexibility index (Phi) is 11.3. The number of nitrogens with one attached hydrogen (secondary N) is 1. The molecule has 0 fully saturated rings. The molecule has 0 heterocycles. The van der Waals surface area contributed by atoms with Gasteiger partial charge >= 0.3 is 0 Å². The van der Waals surface area contributed by atoms with E-state index >= 15 is 0 Å². The van der Waals surface area contributed by atoms with E-state index in [-0.39, 0.29) is 17.9 Å². The molecule has 0 rings (SSSR count). The van der Waals surface area contributed by atoms with Gasteiger partial charge in [-0.25, -0.2) is 0 Å². The highest BCUT2D eigenvalue weighted by Crippen LogP contribution is 2.31. The predicted octanol–water partition coefficient (Wildman–Crippen LogP) is 2.01. The minimum absolute atomic E-state index is 0.138. The van der Waals surface area contributed by atoms with Crippen molar-refractivity contribution < 1.29 is 9.90 Å². The van der Waals surface area contributed by atoms with E-state index in [2.05, 4.69) is 26.1 Å². The Bertz CT molecular complexity index is 255. The van der Waals surface area contributed by atoms with E-state index in [1.165, 1.54) is 0 Å². The summed E-state index contributed by atoms with van der Waals surface area (Å²) in [5, 5.41) is 11.6. The number of amides is 1. The number of aliphatic hydroxyl groups excluding tert-OH is 1. The Morgan fingerprint density at radius 3 is 2.55 bits per heavy atom. The van der Waals surface area contributed by atoms with Crippen molar-refractivity contribution in [3.8, 4) is 0 Å². The minimum Gasteiger partial charge on any atom is -0.396 e. The molecule has 5 heteroatoms. The fourth-order valence-corrected chi connectivity index (χ4v) is 2.92. The lowest BCUT2D eigenvalue weighted by Gasteiger charge is -2.30. The molecule has 0 bridgehead atoms. The van der Waals surface area contributed by atoms with Crippen LogP contribution in [0.3, 0.4) is 0 Å². The van der Waals surface area contributed by atoms with Gasteiger partial charge in [-0.05, 0) is 42.9 Å². The molecule has 0 aliphatic rings. The Morgan fingerprint density at radius 2 is 2.00 bits per heavy atom. The summed E-state index contributed by atoms with van der Waals surface area (Å²) in [5.41, 5.74) is 5.86. The van der Waals surface area contributed by atoms with Crippen molar-refractivity contribution in [1.82, 2.24) is 5.32 Å². The maximum Gasteiger partial charge on any atom is 0.220 e. The molecule has 1 unspecified atom stereocenters. The third-order valence-corrected chi connectivity index (χ3v) is 4.55. The van der Waals surface area contributed by atoms with Gasteiger partial charge in [0.1, 0.15) is 0 Å². The van der Waals surface area contributed by atoms with Crippen LogP contribution in [0.25, 0.3) is 0 Å². The number of rotatable bonds is 11. The fourth-order valence-electron chi connectivity index (χ4n) is 2.14. The highest BCUT2D eigenvalue weighted by molar-refractivity contribution is 7.99. The SMILES string of the molecule is CC(C)(C)C(CCN)CCC(=O)NCCSCCCO. The predicted molar refractivity (Wildman–Crippen MR) is 87.9 cm³/mol. The van der Waals surface area contributed by atoms with Crippen LogP contribution < -0.4 is 11.1 Å². The first kappa shape index (κ1) is 19.7. The van der Waals surface area contributed by atoms with E-state index in [0.717, 1.165) is 30.8 Å². The largest absolute Gasteiger partial charge is 0.396 e. The number of hydrogen-bond acceptors (Lipinski definition) is 4. The molecule has 0 aromatic rings. The first-order valence-electron chi connectivity index (χ1n) is 7.57. The second kappa shape index (κ2) is 11.4. The van der Waals surface area contributed by atoms with Gasteiger partial charge in [0.15, 0.2) is 0 Å². The van der Waals surface area contributed by atoms with Crippen LogP contribution in [0.4, 0.5) is 0 Å². The molecule has 4 nitrogen and oxygen atoms in total. The lowest BCUT2D eigenvalue weighted by Crippen LogP contribution is -2.29. The standard InChI is InChI=1S/C15H32N2O2S/c1-15(2,3)13(7-8-16)5-6-14(19)17-9-12-20-11-4-10-18/h13,18H,4-12,16H2,1-3H3,(H,17,19). The summed E-state index contributed by atoms with van der Waals surface area (Å²) in [5.74, 6) is 2.50. The number of carbonyl (C=O) groups is 1. The summed E-state index contributed by atoms with van der Waals surface area (Å²) in [4.78, 5) is 11.8. The Morgan fingerprint density at radius 1 is 1.30 bits per heavy atom. The van der Waals surface area contributed by atoms with Gasteiger partial charge in [0.25, 0.3) is 0 Å². The first-order valence-corrected chi connectivity index (χ1v) is 8.72. The van der Waals surface area contributed by atoms with Crippen molar-refractivity contribution in [2.45, 2.75) is 46.5 Å². The zero-order valence-corrected chi connectivity index (χ0v) is 14.1. The van der Waals surface area contributed by atoms with Crippen molar-refractivity contribution in [3.63, 3.8) is 0 Å². The molecule has 0 aliphatic carbocycles. The van der Waals surface area contributed by atoms with Crippen LogP contribution in [-0.2, 0) is 4.79 Å². The third kappa shape index (κ3) is 10.5. The van der Waals surface area contributed by atoms with Crippen molar-refractivity contribution in [1.29, 1.82) is 0 Å². The number of nitrogens with two attached hydrogens (primary N) is 1. The topological polar surface area (TPSA) is 75.4 Å². The van der Waals surface area contributed by atoms with Gasteiger partial charge in [0.05, 0.1) is 0 Å². The average Bonchev–Trinajstić information content (AvgIpc) is 2.37. The summed E-state index contributed by atoms with van der Waals surface area (Å²) in [7, 11) is 0. The minimum atomic E-state index is 0.138. The van der Waals surface area contributed by atoms with Gasteiger partial charge in [-0.1, -0.05) is 20.8 Å². The molecular weight excluding hydrogens is 272 g/mol. The summed E-state index contributed by atoms with van der Waals surface area (Å²) in [6, 6.07) is 0. The maximum absolute atomic E-state index is 11.8. The van der Waals surface area contributed by atoms with E-state index in [1.54, 1.807) is 11.8 Å². The first-order chi connectivity index (χ1) is 9.41. The van der Waals surface area contributed by atoms with Crippen LogP contribution in [0.2, 0.25) is 0 Å². The number of hydrogen-bond donors (Lipinski definition) is 3. The molecule has 0 saturated carbocycles. The lowest BCUT2D eigenvalue weighted by atomic mass is 9.76. The molecular formula is C15H32N2O2S. The fraction of sp³-hybridized carbons (Fsp3) is 0.933. The summed E-state index contributed by atoms with van der Waals surface area (Å²) in [6.07, 6.45) is 3.30. The van der Waals surface area contributed by atoms with Gasteiger partial charge in [-0.2, -0.15) is 11.8 Å². The van der Waals surface area contributed by atoms with Crippen LogP contribution in [0.15, 0.2) is 0 Å². The second-order valence-corrected chi connectivity index (χ2v) is 7.44. The zero-order valence-electron chi connectivity index (χ0n) is 13.3. The normalized spacial score (nSPS) is 13.2. The molecule has 120 valence electrons. The van der Waals surface area contributed by atoms with E-state index in [9.17, 15) is 4.79 Å². The van der Waals surface area contributed by atoms with Crippen LogP contribution >= 0.6 is 11.8 Å². The number of aliphatic hydroxyl groups is 1. The summed E-state index contributed by atoms with van der Waals surface area (Å²) in [6.45, 7) is 8.28. The Labute approximate surface area is 128 Å². The van der Waals surface area contributed by atoms with Crippen LogP contribution in [0.5, 0.6) is 0 Å². The van der Waals surface area contributed by atoms with Gasteiger partial charge < -0.3 is 16.2 Å². The van der Waals surface area contributed by atoms with Crippen molar-refractivity contribution in [3.05, 3.63) is 0 Å². The van der Waals surface area contributed by atoms with Gasteiger partial charge in [0, 0.05) is 25.3 Å². The van der Waals surface area contributed by atoms with E-state index in [0.29, 0.717) is 25.4 Å². The molecule has 0 aliphatic heterocycles. The molecule has 4 N–H and O–H groups in total. The smallest absolute Gasteiger partial charge is 0.220 e. The molecule has 1 atom stereocenters. The molecule has 0 spiro atoms. The molecule has 0 aromatic heterocycles.